The van der Waals surface area contributed by atoms with Gasteiger partial charge in [-0.3, -0.25) is 0 Å². The Labute approximate surface area is 222 Å². The second-order valence-electron chi connectivity index (χ2n) is 8.10. The number of thiophene rings is 1. The normalized spacial score (nSPS) is 15.1. The van der Waals surface area contributed by atoms with E-state index in [1.807, 2.05) is 29.3 Å². The lowest BCUT2D eigenvalue weighted by Crippen LogP contribution is -2.18. The van der Waals surface area contributed by atoms with Crippen LogP contribution in [-0.4, -0.2) is 10.7 Å². The maximum absolute atomic E-state index is 13.6. The maximum atomic E-state index is 13.6. The molecule has 3 aromatic carbocycles. The Hall–Kier alpha value is -3.13. The predicted octanol–water partition coefficient (Wildman–Crippen LogP) is 8.61. The van der Waals surface area contributed by atoms with Gasteiger partial charge >= 0.3 is 0 Å². The Bertz CT molecular complexity index is 1430. The number of thiazole rings is 1. The van der Waals surface area contributed by atoms with Gasteiger partial charge in [-0.25, -0.2) is 14.4 Å². The highest BCUT2D eigenvalue weighted by Crippen LogP contribution is 2.40. The van der Waals surface area contributed by atoms with Crippen LogP contribution in [0.4, 0.5) is 9.52 Å². The first-order valence-electron chi connectivity index (χ1n) is 11.0. The van der Waals surface area contributed by atoms with Crippen LogP contribution in [0.2, 0.25) is 0 Å². The van der Waals surface area contributed by atoms with Gasteiger partial charge in [0.15, 0.2) is 0 Å². The molecule has 3 nitrogen and oxygen atoms in total. The molecular formula is C28H21BrFN3S2. The summed E-state index contributed by atoms with van der Waals surface area (Å²) in [6, 6.07) is 29.7. The summed E-state index contributed by atoms with van der Waals surface area (Å²) in [6.45, 7) is 0. The number of hydrazone groups is 1. The zero-order valence-electron chi connectivity index (χ0n) is 18.5. The highest BCUT2D eigenvalue weighted by Gasteiger charge is 2.32. The van der Waals surface area contributed by atoms with Crippen molar-refractivity contribution in [2.45, 2.75) is 12.5 Å². The molecule has 0 saturated heterocycles. The third-order valence-electron chi connectivity index (χ3n) is 5.95. The van der Waals surface area contributed by atoms with Crippen molar-refractivity contribution in [2.24, 2.45) is 5.10 Å². The molecule has 0 fully saturated rings. The van der Waals surface area contributed by atoms with Crippen LogP contribution in [0.25, 0.3) is 22.4 Å². The molecule has 1 atom stereocenters. The van der Waals surface area contributed by atoms with E-state index in [4.69, 9.17) is 10.1 Å². The van der Waals surface area contributed by atoms with Crippen molar-refractivity contribution in [3.8, 4) is 22.4 Å². The van der Waals surface area contributed by atoms with Crippen LogP contribution in [0.15, 0.2) is 107 Å². The van der Waals surface area contributed by atoms with Crippen molar-refractivity contribution in [3.05, 3.63) is 118 Å². The Balaban J connectivity index is 0.00000253. The number of nitrogens with zero attached hydrogens (tertiary/aromatic N) is 3. The first-order valence-corrected chi connectivity index (χ1v) is 12.8. The van der Waals surface area contributed by atoms with Crippen LogP contribution < -0.4 is 5.01 Å². The van der Waals surface area contributed by atoms with E-state index >= 15 is 0 Å². The first-order chi connectivity index (χ1) is 16.7. The van der Waals surface area contributed by atoms with E-state index in [-0.39, 0.29) is 28.8 Å². The average Bonchev–Trinajstić information content (AvgIpc) is 3.66. The number of anilines is 1. The van der Waals surface area contributed by atoms with Gasteiger partial charge in [-0.1, -0.05) is 72.8 Å². The summed E-state index contributed by atoms with van der Waals surface area (Å²) < 4.78 is 13.6. The fourth-order valence-corrected chi connectivity index (χ4v) is 5.74. The van der Waals surface area contributed by atoms with Gasteiger partial charge in [0, 0.05) is 17.4 Å². The van der Waals surface area contributed by atoms with Crippen LogP contribution in [-0.2, 0) is 0 Å². The van der Waals surface area contributed by atoms with Crippen molar-refractivity contribution in [1.29, 1.82) is 0 Å². The zero-order valence-corrected chi connectivity index (χ0v) is 21.9. The van der Waals surface area contributed by atoms with Gasteiger partial charge in [-0.15, -0.1) is 39.7 Å². The summed E-state index contributed by atoms with van der Waals surface area (Å²) >= 11 is 3.26. The van der Waals surface area contributed by atoms with E-state index < -0.39 is 0 Å². The molecular weight excluding hydrogens is 541 g/mol. The van der Waals surface area contributed by atoms with Gasteiger partial charge in [0.2, 0.25) is 5.13 Å². The molecule has 35 heavy (non-hydrogen) atoms. The minimum Gasteiger partial charge on any atom is -0.231 e. The molecule has 3 heterocycles. The topological polar surface area (TPSA) is 28.5 Å². The van der Waals surface area contributed by atoms with Crippen molar-refractivity contribution >= 4 is 50.5 Å². The average molecular weight is 563 g/mol. The quantitative estimate of drug-likeness (QED) is 0.215. The van der Waals surface area contributed by atoms with Gasteiger partial charge in [0.1, 0.15) is 5.82 Å². The number of benzene rings is 3. The summed E-state index contributed by atoms with van der Waals surface area (Å²) in [6.07, 6.45) is 0.757. The zero-order chi connectivity index (χ0) is 22.9. The molecule has 0 radical (unpaired) electrons. The number of hydrogen-bond donors (Lipinski definition) is 0. The molecule has 6 rings (SSSR count). The minimum atomic E-state index is -0.233. The number of hydrogen-bond acceptors (Lipinski definition) is 5. The molecule has 174 valence electrons. The van der Waals surface area contributed by atoms with Crippen molar-refractivity contribution in [1.82, 2.24) is 4.98 Å². The lowest BCUT2D eigenvalue weighted by Gasteiger charge is -2.21. The van der Waals surface area contributed by atoms with E-state index in [0.29, 0.717) is 0 Å². The second-order valence-corrected chi connectivity index (χ2v) is 9.88. The Kier molecular flexibility index (Phi) is 6.90. The molecule has 0 amide bonds. The van der Waals surface area contributed by atoms with Gasteiger partial charge < -0.3 is 0 Å². The molecule has 2 aromatic heterocycles. The van der Waals surface area contributed by atoms with Crippen molar-refractivity contribution < 1.29 is 4.39 Å². The highest BCUT2D eigenvalue weighted by atomic mass is 79.9. The fraction of sp³-hybridized carbons (Fsp3) is 0.0714. The molecule has 1 aliphatic rings. The lowest BCUT2D eigenvalue weighted by atomic mass is 10.0. The van der Waals surface area contributed by atoms with E-state index in [0.717, 1.165) is 39.0 Å². The summed E-state index contributed by atoms with van der Waals surface area (Å²) in [5, 5.41) is 11.9. The van der Waals surface area contributed by atoms with Crippen molar-refractivity contribution in [2.75, 3.05) is 5.01 Å². The molecule has 7 heteroatoms. The molecule has 1 unspecified atom stereocenters. The molecule has 0 N–H and O–H groups in total. The summed E-state index contributed by atoms with van der Waals surface area (Å²) in [4.78, 5) is 6.10. The summed E-state index contributed by atoms with van der Waals surface area (Å²) in [5.74, 6) is -0.233. The third kappa shape index (κ3) is 4.85. The van der Waals surface area contributed by atoms with Crippen LogP contribution in [0.1, 0.15) is 22.9 Å². The monoisotopic (exact) mass is 561 g/mol. The Morgan fingerprint density at radius 2 is 1.49 bits per heavy atom. The molecule has 0 bridgehead atoms. The van der Waals surface area contributed by atoms with Crippen molar-refractivity contribution in [3.63, 3.8) is 0 Å². The molecule has 0 spiro atoms. The predicted molar refractivity (Wildman–Crippen MR) is 150 cm³/mol. The first kappa shape index (κ1) is 23.6. The third-order valence-corrected chi connectivity index (χ3v) is 7.70. The Morgan fingerprint density at radius 1 is 0.771 bits per heavy atom. The molecule has 0 saturated carbocycles. The maximum Gasteiger partial charge on any atom is 0.207 e. The smallest absolute Gasteiger partial charge is 0.207 e. The molecule has 5 aromatic rings. The number of aromatic nitrogens is 1. The fourth-order valence-electron chi connectivity index (χ4n) is 4.19. The van der Waals surface area contributed by atoms with E-state index in [9.17, 15) is 4.39 Å². The summed E-state index contributed by atoms with van der Waals surface area (Å²) in [5.41, 5.74) is 6.44. The van der Waals surface area contributed by atoms with Gasteiger partial charge in [-0.2, -0.15) is 5.10 Å². The van der Waals surface area contributed by atoms with Crippen LogP contribution >= 0.6 is 39.7 Å². The van der Waals surface area contributed by atoms with Crippen LogP contribution in [0, 0.1) is 5.82 Å². The van der Waals surface area contributed by atoms with Crippen LogP contribution in [0.3, 0.4) is 0 Å². The SMILES string of the molecule is Br.Fc1ccc(C2CC(c3cccs3)=NN2c2nc(-c3ccc(-c4ccccc4)cc3)cs2)cc1. The molecule has 1 aliphatic heterocycles. The number of halogens is 2. The lowest BCUT2D eigenvalue weighted by molar-refractivity contribution is 0.624. The standard InChI is InChI=1S/C28H20FN3S2.BrH/c29-23-14-12-22(13-15-23)26-17-24(27-7-4-16-33-27)31-32(26)28-30-25(18-34-28)21-10-8-20(9-11-21)19-5-2-1-3-6-19;/h1-16,18,26H,17H2;1H. The van der Waals surface area contributed by atoms with E-state index in [2.05, 4.69) is 65.4 Å². The van der Waals surface area contributed by atoms with Gasteiger partial charge in [0.05, 0.1) is 22.3 Å². The van der Waals surface area contributed by atoms with E-state index in [1.165, 1.54) is 23.3 Å². The van der Waals surface area contributed by atoms with Gasteiger partial charge in [-0.05, 0) is 40.3 Å². The minimum absolute atomic E-state index is 0. The van der Waals surface area contributed by atoms with E-state index in [1.54, 1.807) is 22.7 Å². The largest absolute Gasteiger partial charge is 0.231 e. The number of rotatable bonds is 5. The molecule has 0 aliphatic carbocycles. The van der Waals surface area contributed by atoms with Gasteiger partial charge in [0.25, 0.3) is 0 Å². The highest BCUT2D eigenvalue weighted by molar-refractivity contribution is 8.93. The second kappa shape index (κ2) is 10.2. The van der Waals surface area contributed by atoms with Crippen LogP contribution in [0.5, 0.6) is 0 Å². The Morgan fingerprint density at radius 3 is 2.20 bits per heavy atom. The summed E-state index contributed by atoms with van der Waals surface area (Å²) in [7, 11) is 0.